The molecule has 0 spiro atoms. The smallest absolute Gasteiger partial charge is 0.139 e. The molecule has 0 saturated carbocycles. The molecule has 1 nitrogen and oxygen atoms in total. The fourth-order valence-corrected chi connectivity index (χ4v) is 2.34. The molecule has 0 aliphatic rings. The van der Waals surface area contributed by atoms with Crippen LogP contribution in [0.2, 0.25) is 0 Å². The van der Waals surface area contributed by atoms with Crippen LogP contribution in [0.3, 0.4) is 0 Å². The molecule has 0 N–H and O–H groups in total. The molecule has 0 saturated heterocycles. The van der Waals surface area contributed by atoms with E-state index in [4.69, 9.17) is 4.42 Å². The van der Waals surface area contributed by atoms with Crippen LogP contribution >= 0.6 is 0 Å². The minimum absolute atomic E-state index is 0.105. The van der Waals surface area contributed by atoms with Crippen molar-refractivity contribution in [1.82, 2.24) is 0 Å². The van der Waals surface area contributed by atoms with Crippen LogP contribution in [0, 0.1) is 0 Å². The second kappa shape index (κ2) is 5.08. The molecule has 1 aromatic heterocycles. The predicted molar refractivity (Wildman–Crippen MR) is 83.8 cm³/mol. The Morgan fingerprint density at radius 1 is 0.789 bits per heavy atom. The molecule has 2 aromatic carbocycles. The monoisotopic (exact) mass is 254 g/mol. The van der Waals surface area contributed by atoms with Gasteiger partial charge in [-0.3, -0.25) is 0 Å². The van der Waals surface area contributed by atoms with E-state index in [9.17, 15) is 0 Å². The Kier molecular flexibility index (Phi) is 3.66. The SMILES string of the molecule is CC.CC(C)(C)c1cccc2c1oc1ccccc12. The topological polar surface area (TPSA) is 13.1 Å². The van der Waals surface area contributed by atoms with E-state index in [0.717, 1.165) is 11.2 Å². The van der Waals surface area contributed by atoms with E-state index < -0.39 is 0 Å². The van der Waals surface area contributed by atoms with Gasteiger partial charge in [0.05, 0.1) is 0 Å². The first-order chi connectivity index (χ1) is 9.07. The lowest BCUT2D eigenvalue weighted by atomic mass is 9.86. The van der Waals surface area contributed by atoms with Gasteiger partial charge in [-0.25, -0.2) is 0 Å². The van der Waals surface area contributed by atoms with Crippen molar-refractivity contribution >= 4 is 21.9 Å². The van der Waals surface area contributed by atoms with Gasteiger partial charge in [-0.2, -0.15) is 0 Å². The van der Waals surface area contributed by atoms with Gasteiger partial charge in [-0.1, -0.05) is 71.0 Å². The van der Waals surface area contributed by atoms with E-state index in [-0.39, 0.29) is 5.41 Å². The van der Waals surface area contributed by atoms with Crippen LogP contribution in [0.25, 0.3) is 21.9 Å². The summed E-state index contributed by atoms with van der Waals surface area (Å²) in [5, 5.41) is 2.42. The van der Waals surface area contributed by atoms with Crippen molar-refractivity contribution in [1.29, 1.82) is 0 Å². The van der Waals surface area contributed by atoms with Gasteiger partial charge in [0.2, 0.25) is 0 Å². The molecule has 0 bridgehead atoms. The fourth-order valence-electron chi connectivity index (χ4n) is 2.34. The highest BCUT2D eigenvalue weighted by Gasteiger charge is 2.19. The molecule has 19 heavy (non-hydrogen) atoms. The first-order valence-corrected chi connectivity index (χ1v) is 6.98. The van der Waals surface area contributed by atoms with Gasteiger partial charge in [0.25, 0.3) is 0 Å². The summed E-state index contributed by atoms with van der Waals surface area (Å²) < 4.78 is 6.01. The molecule has 3 aromatic rings. The average Bonchev–Trinajstić information content (AvgIpc) is 2.78. The van der Waals surface area contributed by atoms with E-state index in [1.807, 2.05) is 26.0 Å². The summed E-state index contributed by atoms with van der Waals surface area (Å²) in [5.74, 6) is 0. The van der Waals surface area contributed by atoms with Crippen molar-refractivity contribution in [3.63, 3.8) is 0 Å². The molecule has 0 atom stereocenters. The standard InChI is InChI=1S/C16H16O.C2H6/c1-16(2,3)13-9-6-8-12-11-7-4-5-10-14(11)17-15(12)13;1-2/h4-10H,1-3H3;1-2H3. The summed E-state index contributed by atoms with van der Waals surface area (Å²) in [5.41, 5.74) is 3.37. The number of hydrogen-bond acceptors (Lipinski definition) is 1. The van der Waals surface area contributed by atoms with Gasteiger partial charge in [-0.05, 0) is 11.5 Å². The lowest BCUT2D eigenvalue weighted by Gasteiger charge is -2.18. The second-order valence-electron chi connectivity index (χ2n) is 5.53. The van der Waals surface area contributed by atoms with E-state index in [0.29, 0.717) is 0 Å². The number of benzene rings is 2. The van der Waals surface area contributed by atoms with Crippen LogP contribution in [0.4, 0.5) is 0 Å². The van der Waals surface area contributed by atoms with Gasteiger partial charge < -0.3 is 4.42 Å². The Bertz CT molecular complexity index is 684. The van der Waals surface area contributed by atoms with Gasteiger partial charge in [0.1, 0.15) is 11.2 Å². The van der Waals surface area contributed by atoms with Crippen LogP contribution in [0.1, 0.15) is 40.2 Å². The molecule has 0 fully saturated rings. The minimum atomic E-state index is 0.105. The third kappa shape index (κ3) is 2.37. The molecule has 1 heteroatoms. The van der Waals surface area contributed by atoms with E-state index in [2.05, 4.69) is 51.1 Å². The van der Waals surface area contributed by atoms with Gasteiger partial charge in [-0.15, -0.1) is 0 Å². The van der Waals surface area contributed by atoms with Crippen molar-refractivity contribution in [3.8, 4) is 0 Å². The third-order valence-corrected chi connectivity index (χ3v) is 3.21. The van der Waals surface area contributed by atoms with Crippen molar-refractivity contribution < 1.29 is 4.42 Å². The van der Waals surface area contributed by atoms with E-state index in [1.54, 1.807) is 0 Å². The summed E-state index contributed by atoms with van der Waals surface area (Å²) in [6, 6.07) is 14.6. The molecule has 3 rings (SSSR count). The van der Waals surface area contributed by atoms with Crippen LogP contribution in [-0.4, -0.2) is 0 Å². The fraction of sp³-hybridized carbons (Fsp3) is 0.333. The summed E-state index contributed by atoms with van der Waals surface area (Å²) in [6.45, 7) is 10.7. The number of hydrogen-bond donors (Lipinski definition) is 0. The molecule has 0 unspecified atom stereocenters. The zero-order valence-corrected chi connectivity index (χ0v) is 12.4. The van der Waals surface area contributed by atoms with Crippen molar-refractivity contribution in [2.45, 2.75) is 40.0 Å². The molecule has 1 heterocycles. The average molecular weight is 254 g/mol. The first kappa shape index (κ1) is 13.7. The number of furan rings is 1. The highest BCUT2D eigenvalue weighted by Crippen LogP contribution is 2.35. The maximum absolute atomic E-state index is 6.01. The third-order valence-electron chi connectivity index (χ3n) is 3.21. The summed E-state index contributed by atoms with van der Waals surface area (Å²) in [6.07, 6.45) is 0. The molecule has 100 valence electrons. The van der Waals surface area contributed by atoms with Crippen LogP contribution < -0.4 is 0 Å². The maximum Gasteiger partial charge on any atom is 0.139 e. The molecule has 0 aliphatic carbocycles. The normalized spacial score (nSPS) is 11.4. The van der Waals surface area contributed by atoms with Crippen molar-refractivity contribution in [2.24, 2.45) is 0 Å². The van der Waals surface area contributed by atoms with Gasteiger partial charge in [0.15, 0.2) is 0 Å². The van der Waals surface area contributed by atoms with Crippen LogP contribution in [0.15, 0.2) is 46.9 Å². The van der Waals surface area contributed by atoms with Crippen LogP contribution in [0.5, 0.6) is 0 Å². The lowest BCUT2D eigenvalue weighted by Crippen LogP contribution is -2.10. The highest BCUT2D eigenvalue weighted by molar-refractivity contribution is 6.05. The second-order valence-corrected chi connectivity index (χ2v) is 5.53. The first-order valence-electron chi connectivity index (χ1n) is 6.98. The maximum atomic E-state index is 6.01. The van der Waals surface area contributed by atoms with Crippen LogP contribution in [-0.2, 0) is 5.41 Å². The highest BCUT2D eigenvalue weighted by atomic mass is 16.3. The molecule has 0 amide bonds. The Labute approximate surface area is 115 Å². The number of fused-ring (bicyclic) bond motifs is 3. The Balaban J connectivity index is 0.000000637. The Morgan fingerprint density at radius 3 is 2.11 bits per heavy atom. The Hall–Kier alpha value is -1.76. The molecule has 0 aliphatic heterocycles. The van der Waals surface area contributed by atoms with Gasteiger partial charge >= 0.3 is 0 Å². The molecular weight excluding hydrogens is 232 g/mol. The summed E-state index contributed by atoms with van der Waals surface area (Å²) in [7, 11) is 0. The predicted octanol–water partition coefficient (Wildman–Crippen LogP) is 5.91. The van der Waals surface area contributed by atoms with E-state index >= 15 is 0 Å². The summed E-state index contributed by atoms with van der Waals surface area (Å²) in [4.78, 5) is 0. The molecular formula is C18H22O. The zero-order chi connectivity index (χ0) is 14.0. The zero-order valence-electron chi connectivity index (χ0n) is 12.4. The summed E-state index contributed by atoms with van der Waals surface area (Å²) >= 11 is 0. The minimum Gasteiger partial charge on any atom is -0.456 e. The number of para-hydroxylation sites is 2. The lowest BCUT2D eigenvalue weighted by molar-refractivity contribution is 0.573. The molecule has 0 radical (unpaired) electrons. The van der Waals surface area contributed by atoms with Crippen molar-refractivity contribution in [2.75, 3.05) is 0 Å². The largest absolute Gasteiger partial charge is 0.456 e. The number of rotatable bonds is 0. The van der Waals surface area contributed by atoms with Gasteiger partial charge in [0, 0.05) is 16.3 Å². The van der Waals surface area contributed by atoms with E-state index in [1.165, 1.54) is 16.3 Å². The van der Waals surface area contributed by atoms with Crippen molar-refractivity contribution in [3.05, 3.63) is 48.0 Å². The quantitative estimate of drug-likeness (QED) is 0.486. The Morgan fingerprint density at radius 2 is 1.42 bits per heavy atom.